The van der Waals surface area contributed by atoms with E-state index in [4.69, 9.17) is 0 Å². The SMILES string of the molecule is CCCNCc1cn[nH]c1S(=O)(=O)NCc1ccn(C)n1. The lowest BCUT2D eigenvalue weighted by Gasteiger charge is -2.06. The summed E-state index contributed by atoms with van der Waals surface area (Å²) in [4.78, 5) is 0. The fraction of sp³-hybridized carbons (Fsp3) is 0.500. The van der Waals surface area contributed by atoms with Crippen molar-refractivity contribution in [1.29, 1.82) is 0 Å². The van der Waals surface area contributed by atoms with Gasteiger partial charge in [0.1, 0.15) is 0 Å². The summed E-state index contributed by atoms with van der Waals surface area (Å²) >= 11 is 0. The molecule has 3 N–H and O–H groups in total. The molecule has 0 saturated carbocycles. The monoisotopic (exact) mass is 312 g/mol. The third-order valence-corrected chi connectivity index (χ3v) is 4.32. The zero-order valence-corrected chi connectivity index (χ0v) is 12.9. The van der Waals surface area contributed by atoms with Gasteiger partial charge in [-0.25, -0.2) is 13.1 Å². The van der Waals surface area contributed by atoms with Crippen LogP contribution in [0.25, 0.3) is 0 Å². The van der Waals surface area contributed by atoms with Gasteiger partial charge in [-0.2, -0.15) is 10.2 Å². The lowest BCUT2D eigenvalue weighted by atomic mass is 10.3. The minimum atomic E-state index is -3.63. The molecule has 2 rings (SSSR count). The predicted molar refractivity (Wildman–Crippen MR) is 77.8 cm³/mol. The molecule has 2 aromatic rings. The molecule has 9 heteroatoms. The highest BCUT2D eigenvalue weighted by Crippen LogP contribution is 2.12. The molecule has 0 aliphatic rings. The summed E-state index contributed by atoms with van der Waals surface area (Å²) in [6, 6.07) is 1.76. The van der Waals surface area contributed by atoms with Crippen LogP contribution in [-0.4, -0.2) is 34.9 Å². The molecule has 0 amide bonds. The van der Waals surface area contributed by atoms with Crippen LogP contribution in [0.2, 0.25) is 0 Å². The maximum Gasteiger partial charge on any atom is 0.258 e. The number of H-pyrrole nitrogens is 1. The van der Waals surface area contributed by atoms with Gasteiger partial charge in [-0.1, -0.05) is 6.92 Å². The molecule has 0 aromatic carbocycles. The summed E-state index contributed by atoms with van der Waals surface area (Å²) in [6.07, 6.45) is 4.27. The second-order valence-corrected chi connectivity index (χ2v) is 6.41. The smallest absolute Gasteiger partial charge is 0.258 e. The van der Waals surface area contributed by atoms with Crippen LogP contribution in [0.4, 0.5) is 0 Å². The van der Waals surface area contributed by atoms with Gasteiger partial charge in [-0.05, 0) is 19.0 Å². The van der Waals surface area contributed by atoms with E-state index in [1.54, 1.807) is 24.0 Å². The van der Waals surface area contributed by atoms with Gasteiger partial charge in [0.2, 0.25) is 0 Å². The Kier molecular flexibility index (Phi) is 5.10. The van der Waals surface area contributed by atoms with Crippen LogP contribution in [0.3, 0.4) is 0 Å². The molecular weight excluding hydrogens is 292 g/mol. The van der Waals surface area contributed by atoms with Gasteiger partial charge >= 0.3 is 0 Å². The number of hydrogen-bond acceptors (Lipinski definition) is 5. The first kappa shape index (κ1) is 15.7. The minimum Gasteiger partial charge on any atom is -0.313 e. The number of rotatable bonds is 8. The van der Waals surface area contributed by atoms with Gasteiger partial charge in [0.15, 0.2) is 5.03 Å². The fourth-order valence-corrected chi connectivity index (χ4v) is 2.98. The molecule has 0 aliphatic carbocycles. The van der Waals surface area contributed by atoms with Crippen LogP contribution in [0.1, 0.15) is 24.6 Å². The Labute approximate surface area is 124 Å². The van der Waals surface area contributed by atoms with Crippen molar-refractivity contribution in [2.75, 3.05) is 6.54 Å². The third-order valence-electron chi connectivity index (χ3n) is 2.90. The Morgan fingerprint density at radius 1 is 1.38 bits per heavy atom. The molecule has 0 spiro atoms. The standard InChI is InChI=1S/C12H20N6O2S/c1-3-5-13-7-10-8-14-16-12(10)21(19,20)15-9-11-4-6-18(2)17-11/h4,6,8,13,15H,3,5,7,9H2,1-2H3,(H,14,16). The van der Waals surface area contributed by atoms with E-state index in [1.165, 1.54) is 6.20 Å². The largest absolute Gasteiger partial charge is 0.313 e. The normalized spacial score (nSPS) is 11.9. The Bertz CT molecular complexity index is 675. The quantitative estimate of drug-likeness (QED) is 0.601. The molecule has 0 saturated heterocycles. The number of aromatic nitrogens is 4. The van der Waals surface area contributed by atoms with Crippen molar-refractivity contribution in [3.8, 4) is 0 Å². The maximum atomic E-state index is 12.3. The average molecular weight is 312 g/mol. The fourth-order valence-electron chi connectivity index (χ4n) is 1.86. The van der Waals surface area contributed by atoms with E-state index >= 15 is 0 Å². The topological polar surface area (TPSA) is 105 Å². The van der Waals surface area contributed by atoms with Crippen molar-refractivity contribution in [2.24, 2.45) is 7.05 Å². The first-order valence-corrected chi connectivity index (χ1v) is 8.22. The Morgan fingerprint density at radius 2 is 2.19 bits per heavy atom. The van der Waals surface area contributed by atoms with Crippen molar-refractivity contribution < 1.29 is 8.42 Å². The Morgan fingerprint density at radius 3 is 2.86 bits per heavy atom. The zero-order chi connectivity index (χ0) is 15.3. The Balaban J connectivity index is 2.03. The van der Waals surface area contributed by atoms with Crippen LogP contribution in [0.5, 0.6) is 0 Å². The van der Waals surface area contributed by atoms with Gasteiger partial charge in [-0.3, -0.25) is 9.78 Å². The van der Waals surface area contributed by atoms with Crippen molar-refractivity contribution in [2.45, 2.75) is 31.5 Å². The highest BCUT2D eigenvalue weighted by atomic mass is 32.2. The second kappa shape index (κ2) is 6.83. The molecule has 21 heavy (non-hydrogen) atoms. The van der Waals surface area contributed by atoms with Crippen molar-refractivity contribution in [3.05, 3.63) is 29.7 Å². The molecule has 8 nitrogen and oxygen atoms in total. The molecule has 0 bridgehead atoms. The van der Waals surface area contributed by atoms with Crippen LogP contribution in [-0.2, 0) is 30.2 Å². The lowest BCUT2D eigenvalue weighted by Crippen LogP contribution is -2.26. The molecule has 2 heterocycles. The van der Waals surface area contributed by atoms with Crippen LogP contribution in [0, 0.1) is 0 Å². The van der Waals surface area contributed by atoms with Crippen LogP contribution in [0.15, 0.2) is 23.5 Å². The van der Waals surface area contributed by atoms with Gasteiger partial charge in [-0.15, -0.1) is 0 Å². The molecular formula is C12H20N6O2S. The highest BCUT2D eigenvalue weighted by molar-refractivity contribution is 7.89. The number of nitrogens with zero attached hydrogens (tertiary/aromatic N) is 3. The van der Waals surface area contributed by atoms with Gasteiger partial charge in [0.25, 0.3) is 10.0 Å². The predicted octanol–water partition coefficient (Wildman–Crippen LogP) is 0.121. The van der Waals surface area contributed by atoms with Crippen molar-refractivity contribution >= 4 is 10.0 Å². The average Bonchev–Trinajstić information content (AvgIpc) is 3.06. The van der Waals surface area contributed by atoms with E-state index in [0.29, 0.717) is 17.8 Å². The van der Waals surface area contributed by atoms with E-state index in [0.717, 1.165) is 13.0 Å². The number of hydrogen-bond donors (Lipinski definition) is 3. The van der Waals surface area contributed by atoms with Crippen molar-refractivity contribution in [3.63, 3.8) is 0 Å². The summed E-state index contributed by atoms with van der Waals surface area (Å²) < 4.78 is 28.7. The van der Waals surface area contributed by atoms with E-state index in [-0.39, 0.29) is 11.6 Å². The number of sulfonamides is 1. The highest BCUT2D eigenvalue weighted by Gasteiger charge is 2.20. The summed E-state index contributed by atoms with van der Waals surface area (Å²) in [5.41, 5.74) is 1.28. The van der Waals surface area contributed by atoms with Crippen LogP contribution >= 0.6 is 0 Å². The number of aryl methyl sites for hydroxylation is 1. The third kappa shape index (κ3) is 4.13. The summed E-state index contributed by atoms with van der Waals surface area (Å²) in [7, 11) is -1.85. The molecule has 0 fully saturated rings. The molecule has 0 radical (unpaired) electrons. The maximum absolute atomic E-state index is 12.3. The molecule has 0 aliphatic heterocycles. The molecule has 116 valence electrons. The van der Waals surface area contributed by atoms with Crippen molar-refractivity contribution in [1.82, 2.24) is 30.0 Å². The number of nitrogens with one attached hydrogen (secondary N) is 3. The van der Waals surface area contributed by atoms with Gasteiger partial charge in [0, 0.05) is 25.4 Å². The first-order chi connectivity index (χ1) is 10.0. The van der Waals surface area contributed by atoms with Crippen LogP contribution < -0.4 is 10.0 Å². The number of aromatic amines is 1. The van der Waals surface area contributed by atoms with E-state index in [1.807, 2.05) is 0 Å². The molecule has 2 aromatic heterocycles. The first-order valence-electron chi connectivity index (χ1n) is 6.74. The zero-order valence-electron chi connectivity index (χ0n) is 12.1. The summed E-state index contributed by atoms with van der Waals surface area (Å²) in [5, 5.41) is 13.8. The Hall–Kier alpha value is -1.71. The molecule has 0 atom stereocenters. The van der Waals surface area contributed by atoms with Gasteiger partial charge < -0.3 is 5.32 Å². The molecule has 0 unspecified atom stereocenters. The van der Waals surface area contributed by atoms with E-state index in [2.05, 4.69) is 32.3 Å². The minimum absolute atomic E-state index is 0.0991. The lowest BCUT2D eigenvalue weighted by molar-refractivity contribution is 0.572. The summed E-state index contributed by atoms with van der Waals surface area (Å²) in [6.45, 7) is 3.48. The van der Waals surface area contributed by atoms with E-state index in [9.17, 15) is 8.42 Å². The second-order valence-electron chi connectivity index (χ2n) is 4.71. The van der Waals surface area contributed by atoms with Gasteiger partial charge in [0.05, 0.1) is 18.4 Å². The van der Waals surface area contributed by atoms with E-state index < -0.39 is 10.0 Å². The summed E-state index contributed by atoms with van der Waals surface area (Å²) in [5.74, 6) is 0.